The second-order valence-corrected chi connectivity index (χ2v) is 12.3. The van der Waals surface area contributed by atoms with Gasteiger partial charge in [-0.15, -0.1) is 10.2 Å². The molecule has 2 bridgehead atoms. The average molecular weight is 575 g/mol. The van der Waals surface area contributed by atoms with Gasteiger partial charge in [-0.25, -0.2) is 4.98 Å². The number of hydrogen-bond acceptors (Lipinski definition) is 8. The first-order valence-electron chi connectivity index (χ1n) is 15.1. The van der Waals surface area contributed by atoms with Crippen molar-refractivity contribution in [3.63, 3.8) is 0 Å². The van der Waals surface area contributed by atoms with Crippen LogP contribution in [-0.2, 0) is 0 Å². The summed E-state index contributed by atoms with van der Waals surface area (Å²) in [4.78, 5) is 30.6. The average Bonchev–Trinajstić information content (AvgIpc) is 3.45. The molecule has 1 saturated carbocycles. The molecule has 3 atom stereocenters. The number of nitrogens with zero attached hydrogens (tertiary/aromatic N) is 8. The molecule has 2 saturated heterocycles. The number of hydrogen-bond donors (Lipinski definition) is 2. The molecular formula is C32H34N10O. The van der Waals surface area contributed by atoms with Gasteiger partial charge in [-0.1, -0.05) is 36.4 Å². The number of H-pyrrole nitrogens is 1. The Morgan fingerprint density at radius 2 is 1.70 bits per heavy atom. The van der Waals surface area contributed by atoms with Gasteiger partial charge in [0.05, 0.1) is 17.6 Å². The fraction of sp³-hybridized carbons (Fsp3) is 0.375. The maximum Gasteiger partial charge on any atom is 0.292 e. The Morgan fingerprint density at radius 1 is 0.930 bits per heavy atom. The number of aromatic nitrogens is 7. The van der Waals surface area contributed by atoms with E-state index in [1.54, 1.807) is 4.52 Å². The van der Waals surface area contributed by atoms with E-state index in [0.29, 0.717) is 23.5 Å². The third-order valence-corrected chi connectivity index (χ3v) is 9.34. The van der Waals surface area contributed by atoms with E-state index in [1.165, 1.54) is 0 Å². The molecule has 3 aliphatic rings. The zero-order valence-electron chi connectivity index (χ0n) is 24.3. The van der Waals surface area contributed by atoms with E-state index in [0.717, 1.165) is 77.8 Å². The van der Waals surface area contributed by atoms with E-state index in [-0.39, 0.29) is 23.9 Å². The summed E-state index contributed by atoms with van der Waals surface area (Å²) >= 11 is 0. The van der Waals surface area contributed by atoms with Crippen molar-refractivity contribution in [2.45, 2.75) is 62.4 Å². The van der Waals surface area contributed by atoms with Crippen LogP contribution in [0.4, 0.5) is 11.8 Å². The van der Waals surface area contributed by atoms with Crippen molar-refractivity contribution in [2.24, 2.45) is 0 Å². The third kappa shape index (κ3) is 4.33. The van der Waals surface area contributed by atoms with Gasteiger partial charge in [-0.2, -0.15) is 9.61 Å². The van der Waals surface area contributed by atoms with Gasteiger partial charge in [0.2, 0.25) is 11.8 Å². The van der Waals surface area contributed by atoms with Crippen LogP contribution in [0.1, 0.15) is 72.2 Å². The molecule has 0 spiro atoms. The molecule has 1 aromatic carbocycles. The van der Waals surface area contributed by atoms with Crippen LogP contribution in [0.3, 0.4) is 0 Å². The summed E-state index contributed by atoms with van der Waals surface area (Å²) < 4.78 is 1.80. The number of piperidine rings is 1. The number of carbonyl (C=O) groups excluding carboxylic acids is 1. The predicted octanol–water partition coefficient (Wildman–Crippen LogP) is 4.65. The van der Waals surface area contributed by atoms with Gasteiger partial charge >= 0.3 is 0 Å². The highest BCUT2D eigenvalue weighted by molar-refractivity contribution is 5.91. The van der Waals surface area contributed by atoms with Gasteiger partial charge in [0, 0.05) is 60.5 Å². The Balaban J connectivity index is 1.13. The minimum atomic E-state index is -0.0681. The largest absolute Gasteiger partial charge is 0.383 e. The van der Waals surface area contributed by atoms with Gasteiger partial charge in [-0.05, 0) is 50.5 Å². The smallest absolute Gasteiger partial charge is 0.292 e. The third-order valence-electron chi connectivity index (χ3n) is 9.34. The van der Waals surface area contributed by atoms with Crippen LogP contribution in [0, 0.1) is 0 Å². The van der Waals surface area contributed by atoms with Gasteiger partial charge in [0.15, 0.2) is 5.65 Å². The van der Waals surface area contributed by atoms with E-state index >= 15 is 0 Å². The monoisotopic (exact) mass is 574 g/mol. The minimum Gasteiger partial charge on any atom is -0.383 e. The topological polar surface area (TPSA) is 134 Å². The van der Waals surface area contributed by atoms with Crippen molar-refractivity contribution in [3.8, 4) is 22.4 Å². The van der Waals surface area contributed by atoms with Gasteiger partial charge in [-0.3, -0.25) is 9.78 Å². The number of benzene rings is 1. The first-order chi connectivity index (χ1) is 21.0. The van der Waals surface area contributed by atoms with Crippen molar-refractivity contribution in [1.29, 1.82) is 0 Å². The van der Waals surface area contributed by atoms with Gasteiger partial charge < -0.3 is 20.5 Å². The molecule has 4 aromatic heterocycles. The maximum atomic E-state index is 13.6. The second kappa shape index (κ2) is 9.89. The number of pyridine rings is 1. The Bertz CT molecular complexity index is 1810. The van der Waals surface area contributed by atoms with Crippen LogP contribution < -0.4 is 10.6 Å². The minimum absolute atomic E-state index is 0.0681. The molecule has 5 aromatic rings. The number of nitrogens with one attached hydrogen (secondary N) is 1. The first kappa shape index (κ1) is 25.9. The molecule has 1 amide bonds. The van der Waals surface area contributed by atoms with E-state index in [4.69, 9.17) is 15.7 Å². The van der Waals surface area contributed by atoms with Crippen molar-refractivity contribution in [1.82, 2.24) is 39.7 Å². The number of anilines is 2. The fourth-order valence-corrected chi connectivity index (χ4v) is 7.09. The lowest BCUT2D eigenvalue weighted by atomic mass is 9.85. The Hall–Kier alpha value is -4.80. The molecule has 43 heavy (non-hydrogen) atoms. The number of amides is 1. The van der Waals surface area contributed by atoms with Gasteiger partial charge in [0.1, 0.15) is 5.82 Å². The predicted molar refractivity (Wildman–Crippen MR) is 164 cm³/mol. The van der Waals surface area contributed by atoms with Crippen LogP contribution in [0.25, 0.3) is 28.0 Å². The molecule has 6 heterocycles. The molecule has 1 aliphatic carbocycles. The first-order valence-corrected chi connectivity index (χ1v) is 15.1. The number of nitrogens with two attached hydrogens (primary N) is 1. The van der Waals surface area contributed by atoms with Crippen molar-refractivity contribution in [2.75, 3.05) is 24.7 Å². The van der Waals surface area contributed by atoms with E-state index < -0.39 is 0 Å². The van der Waals surface area contributed by atoms with Crippen LogP contribution in [0.5, 0.6) is 0 Å². The highest BCUT2D eigenvalue weighted by Gasteiger charge is 2.46. The van der Waals surface area contributed by atoms with Crippen LogP contribution in [0.2, 0.25) is 0 Å². The molecule has 0 radical (unpaired) electrons. The zero-order chi connectivity index (χ0) is 29.2. The zero-order valence-corrected chi connectivity index (χ0v) is 24.3. The molecular weight excluding hydrogens is 540 g/mol. The molecule has 3 N–H and O–H groups in total. The lowest BCUT2D eigenvalue weighted by Crippen LogP contribution is -2.46. The number of carbonyl (C=O) groups is 1. The van der Waals surface area contributed by atoms with Crippen LogP contribution in [0.15, 0.2) is 54.9 Å². The summed E-state index contributed by atoms with van der Waals surface area (Å²) in [7, 11) is 3.75. The molecule has 3 fully saturated rings. The molecule has 11 nitrogen and oxygen atoms in total. The van der Waals surface area contributed by atoms with Crippen LogP contribution >= 0.6 is 0 Å². The molecule has 2 aliphatic heterocycles. The van der Waals surface area contributed by atoms with E-state index in [2.05, 4.69) is 38.5 Å². The summed E-state index contributed by atoms with van der Waals surface area (Å²) in [5.74, 6) is 2.14. The summed E-state index contributed by atoms with van der Waals surface area (Å²) in [5, 5.41) is 13.0. The second-order valence-electron chi connectivity index (χ2n) is 12.3. The van der Waals surface area contributed by atoms with E-state index in [1.807, 2.05) is 60.6 Å². The van der Waals surface area contributed by atoms with Crippen molar-refractivity contribution >= 4 is 23.3 Å². The highest BCUT2D eigenvalue weighted by atomic mass is 16.2. The molecule has 218 valence electrons. The molecule has 0 unspecified atom stereocenters. The Labute approximate surface area is 249 Å². The Morgan fingerprint density at radius 3 is 2.35 bits per heavy atom. The summed E-state index contributed by atoms with van der Waals surface area (Å²) in [5.41, 5.74) is 13.7. The molecule has 8 rings (SSSR count). The van der Waals surface area contributed by atoms with Gasteiger partial charge in [0.25, 0.3) is 5.91 Å². The number of rotatable bonds is 6. The lowest BCUT2D eigenvalue weighted by molar-refractivity contribution is 0.0557. The summed E-state index contributed by atoms with van der Waals surface area (Å²) in [6.07, 6.45) is 9.65. The quantitative estimate of drug-likeness (QED) is 0.299. The van der Waals surface area contributed by atoms with E-state index in [9.17, 15) is 4.79 Å². The summed E-state index contributed by atoms with van der Waals surface area (Å²) in [6.45, 7) is 0. The Kier molecular flexibility index (Phi) is 5.95. The fourth-order valence-electron chi connectivity index (χ4n) is 7.09. The number of fused-ring (bicyclic) bond motifs is 3. The molecule has 11 heteroatoms. The normalized spacial score (nSPS) is 21.4. The van der Waals surface area contributed by atoms with Crippen LogP contribution in [-0.4, -0.2) is 71.7 Å². The number of nitrogen functional groups attached to an aromatic ring is 1. The SMILES string of the molecule is CN(C)c1nnc(C(=O)N2[C@@H]3CC[C@H]2C[C@@H](c2nc4c(-c5ccc(-c6ccccc6)nc5)cnn4c(N)c2C2CC2)C3)[nH]1. The number of aromatic amines is 1. The lowest BCUT2D eigenvalue weighted by Gasteiger charge is -2.39. The highest BCUT2D eigenvalue weighted by Crippen LogP contribution is 2.50. The van der Waals surface area contributed by atoms with Crippen molar-refractivity contribution in [3.05, 3.63) is 71.9 Å². The maximum absolute atomic E-state index is 13.6. The summed E-state index contributed by atoms with van der Waals surface area (Å²) in [6, 6.07) is 14.5. The van der Waals surface area contributed by atoms with Crippen molar-refractivity contribution < 1.29 is 4.79 Å². The standard InChI is InChI=1S/C32H34N10O/c1-40(2)32-37-29(38-39-32)31(43)41-22-11-12-23(41)15-21(14-22)27-26(19-8-9-19)28(33)42-30(36-27)24(17-35-42)20-10-13-25(34-16-20)18-6-4-3-5-7-18/h3-7,10,13,16-17,19,21-23H,8-9,11-12,14-15,33H2,1-2H3,(H,37,38,39)/t21-,22+,23-.